The summed E-state index contributed by atoms with van der Waals surface area (Å²) in [5.74, 6) is 0.689. The Bertz CT molecular complexity index is 829. The van der Waals surface area contributed by atoms with Crippen LogP contribution in [0.3, 0.4) is 0 Å². The van der Waals surface area contributed by atoms with Crippen LogP contribution in [0, 0.1) is 0 Å². The molecule has 0 atom stereocenters. The van der Waals surface area contributed by atoms with Gasteiger partial charge in [-0.2, -0.15) is 5.10 Å². The van der Waals surface area contributed by atoms with Gasteiger partial charge in [0, 0.05) is 24.8 Å². The second kappa shape index (κ2) is 8.98. The van der Waals surface area contributed by atoms with Crippen LogP contribution in [0.4, 0.5) is 5.69 Å². The number of nitrogens with one attached hydrogen (secondary N) is 2. The maximum atomic E-state index is 13.1. The predicted molar refractivity (Wildman–Crippen MR) is 107 cm³/mol. The average molecular weight is 410 g/mol. The van der Waals surface area contributed by atoms with E-state index in [1.54, 1.807) is 29.6 Å². The highest BCUT2D eigenvalue weighted by Crippen LogP contribution is 2.28. The third-order valence-corrected chi connectivity index (χ3v) is 4.57. The van der Waals surface area contributed by atoms with Crippen molar-refractivity contribution in [2.45, 2.75) is 18.4 Å². The van der Waals surface area contributed by atoms with Crippen LogP contribution in [-0.4, -0.2) is 43.3 Å². The molecule has 10 heteroatoms. The first-order valence-electron chi connectivity index (χ1n) is 8.25. The summed E-state index contributed by atoms with van der Waals surface area (Å²) in [4.78, 5) is 21.4. The quantitative estimate of drug-likeness (QED) is 0.687. The molecular weight excluding hydrogens is 389 g/mol. The number of imidazole rings is 1. The summed E-state index contributed by atoms with van der Waals surface area (Å²) in [7, 11) is 0. The molecule has 0 aromatic carbocycles. The summed E-state index contributed by atoms with van der Waals surface area (Å²) in [6, 6.07) is 5.54. The first kappa shape index (κ1) is 20.9. The van der Waals surface area contributed by atoms with Gasteiger partial charge in [0.25, 0.3) is 5.91 Å². The van der Waals surface area contributed by atoms with Crippen molar-refractivity contribution in [3.05, 3.63) is 55.5 Å². The summed E-state index contributed by atoms with van der Waals surface area (Å²) < 4.78 is 3.58. The first-order chi connectivity index (χ1) is 12.3. The van der Waals surface area contributed by atoms with Crippen LogP contribution in [0.15, 0.2) is 55.5 Å². The molecule has 1 saturated heterocycles. The second-order valence-corrected chi connectivity index (χ2v) is 6.06. The summed E-state index contributed by atoms with van der Waals surface area (Å²) in [6.07, 6.45) is 11.8. The van der Waals surface area contributed by atoms with E-state index in [9.17, 15) is 4.79 Å². The van der Waals surface area contributed by atoms with Crippen LogP contribution >= 0.6 is 24.8 Å². The molecular formula is C17H21Cl2N7O. The van der Waals surface area contributed by atoms with Gasteiger partial charge < -0.3 is 10.6 Å². The number of aromatic nitrogens is 5. The van der Waals surface area contributed by atoms with Gasteiger partial charge in [-0.1, -0.05) is 0 Å². The van der Waals surface area contributed by atoms with Gasteiger partial charge in [0.15, 0.2) is 0 Å². The minimum atomic E-state index is -0.669. The highest BCUT2D eigenvalue weighted by molar-refractivity contribution is 5.96. The molecule has 4 rings (SSSR count). The van der Waals surface area contributed by atoms with Gasteiger partial charge in [-0.05, 0) is 44.1 Å². The summed E-state index contributed by atoms with van der Waals surface area (Å²) in [6.45, 7) is 1.57. The minimum Gasteiger partial charge on any atom is -0.323 e. The maximum Gasteiger partial charge on any atom is 0.252 e. The fourth-order valence-corrected chi connectivity index (χ4v) is 3.18. The Morgan fingerprint density at radius 1 is 1.15 bits per heavy atom. The predicted octanol–water partition coefficient (Wildman–Crippen LogP) is 2.02. The molecule has 0 bridgehead atoms. The largest absolute Gasteiger partial charge is 0.323 e. The minimum absolute atomic E-state index is 0. The van der Waals surface area contributed by atoms with Gasteiger partial charge in [0.2, 0.25) is 0 Å². The lowest BCUT2D eigenvalue weighted by molar-refractivity contribution is -0.126. The van der Waals surface area contributed by atoms with Crippen molar-refractivity contribution in [1.82, 2.24) is 29.6 Å². The van der Waals surface area contributed by atoms with Crippen molar-refractivity contribution in [3.63, 3.8) is 0 Å². The molecule has 1 aliphatic rings. The molecule has 8 nitrogen and oxygen atoms in total. The van der Waals surface area contributed by atoms with E-state index >= 15 is 0 Å². The number of carbonyl (C=O) groups excluding carboxylic acids is 1. The molecule has 0 aliphatic carbocycles. The fraction of sp³-hybridized carbons (Fsp3) is 0.294. The number of hydrogen-bond acceptors (Lipinski definition) is 5. The number of rotatable bonds is 4. The number of hydrogen-bond donors (Lipinski definition) is 2. The molecule has 2 N–H and O–H groups in total. The zero-order valence-corrected chi connectivity index (χ0v) is 16.1. The fourth-order valence-electron chi connectivity index (χ4n) is 3.18. The van der Waals surface area contributed by atoms with E-state index in [2.05, 4.69) is 25.7 Å². The van der Waals surface area contributed by atoms with Crippen LogP contribution in [0.5, 0.6) is 0 Å². The molecule has 0 radical (unpaired) electrons. The molecule has 27 heavy (non-hydrogen) atoms. The van der Waals surface area contributed by atoms with Crippen LogP contribution in [-0.2, 0) is 10.3 Å². The average Bonchev–Trinajstić information content (AvgIpc) is 3.37. The lowest BCUT2D eigenvalue weighted by atomic mass is 9.87. The van der Waals surface area contributed by atoms with E-state index < -0.39 is 5.54 Å². The van der Waals surface area contributed by atoms with Crippen molar-refractivity contribution in [2.24, 2.45) is 0 Å². The van der Waals surface area contributed by atoms with Crippen molar-refractivity contribution in [2.75, 3.05) is 18.4 Å². The van der Waals surface area contributed by atoms with Crippen LogP contribution < -0.4 is 10.6 Å². The number of halogens is 2. The van der Waals surface area contributed by atoms with Gasteiger partial charge in [-0.3, -0.25) is 14.0 Å². The number of nitrogens with zero attached hydrogens (tertiary/aromatic N) is 5. The molecule has 0 unspecified atom stereocenters. The Hall–Kier alpha value is -2.42. The number of piperidine rings is 1. The lowest BCUT2D eigenvalue weighted by Crippen LogP contribution is -2.52. The Kier molecular flexibility index (Phi) is 6.95. The van der Waals surface area contributed by atoms with Crippen molar-refractivity contribution in [3.8, 4) is 5.82 Å². The van der Waals surface area contributed by atoms with Gasteiger partial charge in [-0.25, -0.2) is 9.97 Å². The van der Waals surface area contributed by atoms with E-state index in [-0.39, 0.29) is 30.7 Å². The molecule has 1 amide bonds. The Labute approximate surface area is 169 Å². The van der Waals surface area contributed by atoms with Crippen molar-refractivity contribution in [1.29, 1.82) is 0 Å². The molecule has 4 heterocycles. The number of carbonyl (C=O) groups is 1. The molecule has 1 fully saturated rings. The third kappa shape index (κ3) is 4.13. The van der Waals surface area contributed by atoms with Crippen molar-refractivity contribution >= 4 is 36.4 Å². The number of pyridine rings is 1. The topological polar surface area (TPSA) is 89.7 Å². The Balaban J connectivity index is 0.00000131. The van der Waals surface area contributed by atoms with Gasteiger partial charge in [-0.15, -0.1) is 24.8 Å². The van der Waals surface area contributed by atoms with E-state index in [0.717, 1.165) is 18.9 Å². The lowest BCUT2D eigenvalue weighted by Gasteiger charge is -2.36. The monoisotopic (exact) mass is 409 g/mol. The summed E-state index contributed by atoms with van der Waals surface area (Å²) >= 11 is 0. The number of anilines is 1. The van der Waals surface area contributed by atoms with E-state index in [1.807, 2.05) is 35.2 Å². The smallest absolute Gasteiger partial charge is 0.252 e. The highest BCUT2D eigenvalue weighted by atomic mass is 35.5. The van der Waals surface area contributed by atoms with E-state index in [4.69, 9.17) is 0 Å². The van der Waals surface area contributed by atoms with Crippen LogP contribution in [0.1, 0.15) is 12.8 Å². The van der Waals surface area contributed by atoms with Crippen LogP contribution in [0.2, 0.25) is 0 Å². The van der Waals surface area contributed by atoms with Gasteiger partial charge in [0.05, 0.1) is 11.9 Å². The Morgan fingerprint density at radius 3 is 2.56 bits per heavy atom. The maximum absolute atomic E-state index is 13.1. The van der Waals surface area contributed by atoms with Crippen LogP contribution in [0.25, 0.3) is 5.82 Å². The normalized spacial score (nSPS) is 15.3. The molecule has 0 saturated carbocycles. The number of amides is 1. The first-order valence-corrected chi connectivity index (χ1v) is 8.25. The molecule has 3 aromatic rings. The van der Waals surface area contributed by atoms with E-state index in [1.165, 1.54) is 0 Å². The van der Waals surface area contributed by atoms with Gasteiger partial charge >= 0.3 is 0 Å². The summed E-state index contributed by atoms with van der Waals surface area (Å²) in [5.41, 5.74) is -0.00320. The SMILES string of the molecule is Cl.Cl.O=C(Nc1ccc(-n2ccnc2)nc1)C1(n2cccn2)CCNCC1. The standard InChI is InChI=1S/C17H19N7O.2ClH/c25-16(17(4-7-18-8-5-17)24-10-1-6-21-24)22-14-2-3-15(20-12-14)23-11-9-19-13-23;;/h1-3,6,9-13,18H,4-5,7-8H2,(H,22,25);2*1H. The highest BCUT2D eigenvalue weighted by Gasteiger charge is 2.42. The van der Waals surface area contributed by atoms with E-state index in [0.29, 0.717) is 18.5 Å². The zero-order valence-electron chi connectivity index (χ0n) is 14.5. The summed E-state index contributed by atoms with van der Waals surface area (Å²) in [5, 5.41) is 10.6. The van der Waals surface area contributed by atoms with Gasteiger partial charge in [0.1, 0.15) is 17.7 Å². The molecule has 0 spiro atoms. The molecule has 144 valence electrons. The van der Waals surface area contributed by atoms with Crippen molar-refractivity contribution < 1.29 is 4.79 Å². The zero-order chi connectivity index (χ0) is 17.1. The third-order valence-electron chi connectivity index (χ3n) is 4.57. The second-order valence-electron chi connectivity index (χ2n) is 6.06. The molecule has 1 aliphatic heterocycles. The Morgan fingerprint density at radius 2 is 1.96 bits per heavy atom. The molecule has 3 aromatic heterocycles.